The fourth-order valence-electron chi connectivity index (χ4n) is 2.80. The fourth-order valence-corrected chi connectivity index (χ4v) is 4.17. The average Bonchev–Trinajstić information content (AvgIpc) is 3.11. The van der Waals surface area contributed by atoms with Crippen LogP contribution in [-0.4, -0.2) is 58.6 Å². The Bertz CT molecular complexity index is 826. The number of carbonyl (C=O) groups is 1. The van der Waals surface area contributed by atoms with Crippen molar-refractivity contribution in [3.05, 3.63) is 54.0 Å². The van der Waals surface area contributed by atoms with E-state index < -0.39 is 15.7 Å². The van der Waals surface area contributed by atoms with Crippen molar-refractivity contribution in [3.8, 4) is 0 Å². The molecule has 140 valence electrons. The maximum absolute atomic E-state index is 12.5. The monoisotopic (exact) mass is 378 g/mol. The Hall–Kier alpha value is -2.16. The highest BCUT2D eigenvalue weighted by molar-refractivity contribution is 7.90. The zero-order valence-corrected chi connectivity index (χ0v) is 15.2. The molecule has 0 saturated carbocycles. The average molecular weight is 378 g/mol. The van der Waals surface area contributed by atoms with E-state index in [4.69, 9.17) is 9.15 Å². The largest absolute Gasteiger partial charge is 0.459 e. The van der Waals surface area contributed by atoms with E-state index in [9.17, 15) is 13.2 Å². The molecule has 1 aromatic carbocycles. The lowest BCUT2D eigenvalue weighted by atomic mass is 10.2. The number of ether oxygens (including phenoxy) is 1. The maximum Gasteiger partial charge on any atom is 0.287 e. The summed E-state index contributed by atoms with van der Waals surface area (Å²) in [6.07, 6.45) is 1.34. The molecule has 2 heterocycles. The summed E-state index contributed by atoms with van der Waals surface area (Å²) in [6, 6.07) is 9.69. The number of nitrogens with zero attached hydrogens (tertiary/aromatic N) is 1. The molecule has 0 unspecified atom stereocenters. The number of carbonyl (C=O) groups excluding carboxylic acids is 1. The van der Waals surface area contributed by atoms with Crippen LogP contribution < -0.4 is 5.32 Å². The van der Waals surface area contributed by atoms with E-state index in [0.717, 1.165) is 13.1 Å². The number of furan rings is 1. The lowest BCUT2D eigenvalue weighted by Crippen LogP contribution is -2.41. The lowest BCUT2D eigenvalue weighted by Gasteiger charge is -2.26. The maximum atomic E-state index is 12.5. The van der Waals surface area contributed by atoms with Gasteiger partial charge in [-0.05, 0) is 18.2 Å². The normalized spacial score (nSPS) is 15.7. The fraction of sp³-hybridized carbons (Fsp3) is 0.389. The van der Waals surface area contributed by atoms with E-state index >= 15 is 0 Å². The van der Waals surface area contributed by atoms with Crippen molar-refractivity contribution in [1.82, 2.24) is 10.2 Å². The van der Waals surface area contributed by atoms with Crippen LogP contribution in [0.2, 0.25) is 0 Å². The first-order valence-electron chi connectivity index (χ1n) is 8.49. The second kappa shape index (κ2) is 8.48. The number of amides is 1. The molecule has 1 aliphatic rings. The number of nitrogens with one attached hydrogen (secondary N) is 1. The van der Waals surface area contributed by atoms with Gasteiger partial charge in [0.25, 0.3) is 5.91 Å². The van der Waals surface area contributed by atoms with Crippen molar-refractivity contribution in [2.75, 3.05) is 39.4 Å². The van der Waals surface area contributed by atoms with Gasteiger partial charge in [-0.2, -0.15) is 0 Å². The zero-order chi connectivity index (χ0) is 18.4. The van der Waals surface area contributed by atoms with Gasteiger partial charge in [0, 0.05) is 31.7 Å². The highest BCUT2D eigenvalue weighted by Gasteiger charge is 2.22. The van der Waals surface area contributed by atoms with Gasteiger partial charge < -0.3 is 14.5 Å². The predicted octanol–water partition coefficient (Wildman–Crippen LogP) is 1.32. The van der Waals surface area contributed by atoms with E-state index in [-0.39, 0.29) is 16.4 Å². The molecule has 7 nitrogen and oxygen atoms in total. The van der Waals surface area contributed by atoms with Gasteiger partial charge in [0.2, 0.25) is 0 Å². The van der Waals surface area contributed by atoms with Crippen molar-refractivity contribution in [2.24, 2.45) is 0 Å². The first-order chi connectivity index (χ1) is 12.6. The molecule has 1 saturated heterocycles. The third-order valence-electron chi connectivity index (χ3n) is 4.22. The Balaban J connectivity index is 1.60. The molecular formula is C18H22N2O5S. The molecule has 8 heteroatoms. The molecule has 1 amide bonds. The van der Waals surface area contributed by atoms with Crippen molar-refractivity contribution < 1.29 is 22.4 Å². The highest BCUT2D eigenvalue weighted by atomic mass is 32.2. The minimum absolute atomic E-state index is 0.0477. The van der Waals surface area contributed by atoms with E-state index in [1.165, 1.54) is 24.5 Å². The summed E-state index contributed by atoms with van der Waals surface area (Å²) < 4.78 is 35.5. The molecule has 0 aliphatic carbocycles. The summed E-state index contributed by atoms with van der Waals surface area (Å²) in [5, 5.41) is 2.79. The van der Waals surface area contributed by atoms with Crippen molar-refractivity contribution in [3.63, 3.8) is 0 Å². The van der Waals surface area contributed by atoms with Gasteiger partial charge in [-0.15, -0.1) is 0 Å². The molecule has 2 aromatic rings. The minimum atomic E-state index is -3.54. The molecule has 1 aromatic heterocycles. The first-order valence-corrected chi connectivity index (χ1v) is 10.1. The van der Waals surface area contributed by atoms with Crippen LogP contribution >= 0.6 is 0 Å². The summed E-state index contributed by atoms with van der Waals surface area (Å²) in [5.74, 6) is -0.632. The SMILES string of the molecule is O=C(NCCN1CCOCC1)c1occc1CS(=O)(=O)c1ccccc1. The highest BCUT2D eigenvalue weighted by Crippen LogP contribution is 2.19. The van der Waals surface area contributed by atoms with Gasteiger partial charge in [-0.1, -0.05) is 18.2 Å². The van der Waals surface area contributed by atoms with E-state index in [0.29, 0.717) is 31.9 Å². The van der Waals surface area contributed by atoms with Crippen molar-refractivity contribution >= 4 is 15.7 Å². The van der Waals surface area contributed by atoms with Crippen LogP contribution in [0.4, 0.5) is 0 Å². The molecule has 1 aliphatic heterocycles. The third-order valence-corrected chi connectivity index (χ3v) is 5.90. The summed E-state index contributed by atoms with van der Waals surface area (Å²) in [4.78, 5) is 14.8. The van der Waals surface area contributed by atoms with Crippen LogP contribution in [0.1, 0.15) is 16.1 Å². The van der Waals surface area contributed by atoms with Crippen LogP contribution in [0.25, 0.3) is 0 Å². The van der Waals surface area contributed by atoms with Crippen molar-refractivity contribution in [1.29, 1.82) is 0 Å². The number of rotatable bonds is 7. The Kier molecular flexibility index (Phi) is 6.08. The molecular weight excluding hydrogens is 356 g/mol. The first kappa shape index (κ1) is 18.6. The molecule has 1 fully saturated rings. The van der Waals surface area contributed by atoms with Gasteiger partial charge in [-0.3, -0.25) is 9.69 Å². The Morgan fingerprint density at radius 1 is 1.12 bits per heavy atom. The standard InChI is InChI=1S/C18H22N2O5S/c21-18(19-7-8-20-9-12-24-13-10-20)17-15(6-11-25-17)14-26(22,23)16-4-2-1-3-5-16/h1-6,11H,7-10,12-14H2,(H,19,21). The van der Waals surface area contributed by atoms with Gasteiger partial charge >= 0.3 is 0 Å². The molecule has 0 spiro atoms. The van der Waals surface area contributed by atoms with Gasteiger partial charge in [0.05, 0.1) is 30.1 Å². The Labute approximate surface area is 152 Å². The summed E-state index contributed by atoms with van der Waals surface area (Å²) in [7, 11) is -3.54. The third kappa shape index (κ3) is 4.72. The van der Waals surface area contributed by atoms with Crippen LogP contribution in [0.15, 0.2) is 52.0 Å². The van der Waals surface area contributed by atoms with Crippen molar-refractivity contribution in [2.45, 2.75) is 10.6 Å². The molecule has 1 N–H and O–H groups in total. The topological polar surface area (TPSA) is 88.8 Å². The quantitative estimate of drug-likeness (QED) is 0.782. The van der Waals surface area contributed by atoms with Crippen LogP contribution in [-0.2, 0) is 20.3 Å². The second-order valence-corrected chi connectivity index (χ2v) is 8.05. The van der Waals surface area contributed by atoms with Gasteiger partial charge in [-0.25, -0.2) is 8.42 Å². The number of hydrogen-bond acceptors (Lipinski definition) is 6. The molecule has 3 rings (SSSR count). The Morgan fingerprint density at radius 2 is 1.85 bits per heavy atom. The zero-order valence-electron chi connectivity index (χ0n) is 14.4. The van der Waals surface area contributed by atoms with Crippen LogP contribution in [0.3, 0.4) is 0 Å². The van der Waals surface area contributed by atoms with E-state index in [1.807, 2.05) is 0 Å². The number of morpholine rings is 1. The minimum Gasteiger partial charge on any atom is -0.459 e. The molecule has 0 radical (unpaired) electrons. The number of hydrogen-bond donors (Lipinski definition) is 1. The van der Waals surface area contributed by atoms with Crippen LogP contribution in [0, 0.1) is 0 Å². The Morgan fingerprint density at radius 3 is 2.58 bits per heavy atom. The summed E-state index contributed by atoms with van der Waals surface area (Å²) >= 11 is 0. The predicted molar refractivity (Wildman–Crippen MR) is 95.6 cm³/mol. The summed E-state index contributed by atoms with van der Waals surface area (Å²) in [6.45, 7) is 4.27. The number of benzene rings is 1. The van der Waals surface area contributed by atoms with E-state index in [2.05, 4.69) is 10.2 Å². The molecule has 0 bridgehead atoms. The lowest BCUT2D eigenvalue weighted by molar-refractivity contribution is 0.0382. The summed E-state index contributed by atoms with van der Waals surface area (Å²) in [5.41, 5.74) is 0.359. The van der Waals surface area contributed by atoms with Gasteiger partial charge in [0.15, 0.2) is 15.6 Å². The van der Waals surface area contributed by atoms with E-state index in [1.54, 1.807) is 18.2 Å². The van der Waals surface area contributed by atoms with Gasteiger partial charge in [0.1, 0.15) is 0 Å². The smallest absolute Gasteiger partial charge is 0.287 e. The molecule has 26 heavy (non-hydrogen) atoms. The second-order valence-electron chi connectivity index (χ2n) is 6.06. The molecule has 0 atom stereocenters. The van der Waals surface area contributed by atoms with Crippen LogP contribution in [0.5, 0.6) is 0 Å². The number of sulfone groups is 1.